The molecule has 1 unspecified atom stereocenters. The summed E-state index contributed by atoms with van der Waals surface area (Å²) in [6.45, 7) is 6.06. The summed E-state index contributed by atoms with van der Waals surface area (Å²) in [5.41, 5.74) is 0.813. The van der Waals surface area contributed by atoms with Crippen LogP contribution >= 0.6 is 24.0 Å². The van der Waals surface area contributed by atoms with Crippen LogP contribution in [0.5, 0.6) is 0 Å². The smallest absolute Gasteiger partial charge is 0.0780 e. The van der Waals surface area contributed by atoms with Crippen molar-refractivity contribution in [2.45, 2.75) is 32.4 Å². The van der Waals surface area contributed by atoms with Crippen molar-refractivity contribution < 1.29 is 0 Å². The normalized spacial score (nSPS) is 12.8. The molecule has 0 fully saturated rings. The van der Waals surface area contributed by atoms with E-state index in [0.717, 1.165) is 16.2 Å². The molecule has 3 heteroatoms. The molecule has 1 nitrogen and oxygen atoms in total. The predicted molar refractivity (Wildman–Crippen MR) is 79.2 cm³/mol. The van der Waals surface area contributed by atoms with Gasteiger partial charge in [0.1, 0.15) is 0 Å². The van der Waals surface area contributed by atoms with Gasteiger partial charge in [-0.2, -0.15) is 5.26 Å². The van der Waals surface area contributed by atoms with Gasteiger partial charge in [0, 0.05) is 5.25 Å². The Balaban J connectivity index is 2.56. The van der Waals surface area contributed by atoms with Gasteiger partial charge >= 0.3 is 0 Å². The molecule has 0 bridgehead atoms. The first kappa shape index (κ1) is 14.2. The molecule has 1 atom stereocenters. The Morgan fingerprint density at radius 1 is 1.41 bits per heavy atom. The van der Waals surface area contributed by atoms with E-state index in [0.29, 0.717) is 5.25 Å². The van der Waals surface area contributed by atoms with E-state index in [1.54, 1.807) is 11.8 Å². The molecular weight excluding hydrogens is 246 g/mol. The van der Waals surface area contributed by atoms with Gasteiger partial charge in [-0.1, -0.05) is 49.5 Å². The maximum Gasteiger partial charge on any atom is 0.0780 e. The van der Waals surface area contributed by atoms with Crippen LogP contribution in [-0.2, 0) is 0 Å². The second kappa shape index (κ2) is 6.18. The summed E-state index contributed by atoms with van der Waals surface area (Å²) in [7, 11) is 0. The second-order valence-electron chi connectivity index (χ2n) is 4.78. The number of nitriles is 1. The Kier molecular flexibility index (Phi) is 5.17. The summed E-state index contributed by atoms with van der Waals surface area (Å²) in [4.78, 5) is 0. The van der Waals surface area contributed by atoms with Crippen LogP contribution in [0.15, 0.2) is 30.3 Å². The molecule has 90 valence electrons. The van der Waals surface area contributed by atoms with Crippen LogP contribution in [0, 0.1) is 16.7 Å². The highest BCUT2D eigenvalue weighted by molar-refractivity contribution is 8.24. The van der Waals surface area contributed by atoms with Gasteiger partial charge < -0.3 is 0 Å². The second-order valence-corrected chi connectivity index (χ2v) is 6.90. The lowest BCUT2D eigenvalue weighted by atomic mass is 9.90. The molecule has 0 saturated heterocycles. The van der Waals surface area contributed by atoms with Crippen molar-refractivity contribution in [1.82, 2.24) is 0 Å². The molecule has 0 N–H and O–H groups in total. The molecule has 0 amide bonds. The van der Waals surface area contributed by atoms with E-state index in [1.807, 2.05) is 44.2 Å². The van der Waals surface area contributed by atoms with Gasteiger partial charge in [0.05, 0.1) is 15.7 Å². The summed E-state index contributed by atoms with van der Waals surface area (Å²) < 4.78 is 0.909. The van der Waals surface area contributed by atoms with Crippen LogP contribution in [0.4, 0.5) is 0 Å². The Labute approximate surface area is 113 Å². The van der Waals surface area contributed by atoms with Crippen molar-refractivity contribution in [3.8, 4) is 6.07 Å². The zero-order chi connectivity index (χ0) is 12.9. The number of benzene rings is 1. The topological polar surface area (TPSA) is 23.8 Å². The number of hydrogen-bond acceptors (Lipinski definition) is 3. The van der Waals surface area contributed by atoms with Crippen molar-refractivity contribution in [3.63, 3.8) is 0 Å². The van der Waals surface area contributed by atoms with Crippen LogP contribution in [-0.4, -0.2) is 9.45 Å². The molecule has 0 saturated carbocycles. The summed E-state index contributed by atoms with van der Waals surface area (Å²) in [6, 6.07) is 12.3. The van der Waals surface area contributed by atoms with E-state index in [-0.39, 0.29) is 5.41 Å². The average molecular weight is 263 g/mol. The van der Waals surface area contributed by atoms with E-state index >= 15 is 0 Å². The average Bonchev–Trinajstić information content (AvgIpc) is 2.29. The first-order chi connectivity index (χ1) is 7.94. The maximum atomic E-state index is 9.00. The fraction of sp³-hybridized carbons (Fsp3) is 0.429. The third-order valence-corrected chi connectivity index (χ3v) is 3.96. The Morgan fingerprint density at radius 3 is 2.53 bits per heavy atom. The molecule has 1 aromatic carbocycles. The van der Waals surface area contributed by atoms with Crippen LogP contribution < -0.4 is 0 Å². The molecule has 0 heterocycles. The zero-order valence-electron chi connectivity index (χ0n) is 10.4. The Hall–Kier alpha value is -0.850. The molecule has 0 aliphatic carbocycles. The van der Waals surface area contributed by atoms with Crippen molar-refractivity contribution in [3.05, 3.63) is 35.9 Å². The van der Waals surface area contributed by atoms with Gasteiger partial charge in [0.2, 0.25) is 0 Å². The SMILES string of the molecule is CC(CC(C)(C)C#N)SC(=S)c1ccccc1. The maximum absolute atomic E-state index is 9.00. The van der Waals surface area contributed by atoms with Gasteiger partial charge in [-0.15, -0.1) is 11.8 Å². The minimum atomic E-state index is -0.279. The monoisotopic (exact) mass is 263 g/mol. The summed E-state index contributed by atoms with van der Waals surface area (Å²) in [6.07, 6.45) is 0.848. The summed E-state index contributed by atoms with van der Waals surface area (Å²) in [5, 5.41) is 9.36. The van der Waals surface area contributed by atoms with Crippen molar-refractivity contribution >= 4 is 28.2 Å². The number of nitrogens with zero attached hydrogens (tertiary/aromatic N) is 1. The first-order valence-corrected chi connectivity index (χ1v) is 6.91. The number of rotatable bonds is 4. The summed E-state index contributed by atoms with van der Waals surface area (Å²) >= 11 is 7.08. The van der Waals surface area contributed by atoms with E-state index in [2.05, 4.69) is 13.0 Å². The number of hydrogen-bond donors (Lipinski definition) is 0. The van der Waals surface area contributed by atoms with Crippen LogP contribution in [0.3, 0.4) is 0 Å². The van der Waals surface area contributed by atoms with Crippen LogP contribution in [0.2, 0.25) is 0 Å². The van der Waals surface area contributed by atoms with Gasteiger partial charge in [-0.05, 0) is 25.8 Å². The van der Waals surface area contributed by atoms with Crippen molar-refractivity contribution in [2.24, 2.45) is 5.41 Å². The summed E-state index contributed by atoms with van der Waals surface area (Å²) in [5.74, 6) is 0. The quantitative estimate of drug-likeness (QED) is 0.751. The fourth-order valence-corrected chi connectivity index (χ4v) is 3.40. The Bertz CT molecular complexity index is 418. The van der Waals surface area contributed by atoms with Gasteiger partial charge in [-0.3, -0.25) is 0 Å². The lowest BCUT2D eigenvalue weighted by Crippen LogP contribution is -2.15. The molecule has 0 spiro atoms. The molecular formula is C14H17NS2. The number of thioether (sulfide) groups is 1. The minimum Gasteiger partial charge on any atom is -0.198 e. The van der Waals surface area contributed by atoms with E-state index in [4.69, 9.17) is 17.5 Å². The first-order valence-electron chi connectivity index (χ1n) is 5.62. The highest BCUT2D eigenvalue weighted by Gasteiger charge is 2.21. The lowest BCUT2D eigenvalue weighted by Gasteiger charge is -2.20. The fourth-order valence-electron chi connectivity index (χ4n) is 1.63. The predicted octanol–water partition coefficient (Wildman–Crippen LogP) is 4.42. The van der Waals surface area contributed by atoms with E-state index < -0.39 is 0 Å². The van der Waals surface area contributed by atoms with Gasteiger partial charge in [0.25, 0.3) is 0 Å². The molecule has 1 rings (SSSR count). The highest BCUT2D eigenvalue weighted by Crippen LogP contribution is 2.29. The van der Waals surface area contributed by atoms with Crippen LogP contribution in [0.1, 0.15) is 32.8 Å². The molecule has 0 aliphatic rings. The molecule has 1 aromatic rings. The molecule has 0 aromatic heterocycles. The molecule has 17 heavy (non-hydrogen) atoms. The van der Waals surface area contributed by atoms with Crippen LogP contribution in [0.25, 0.3) is 0 Å². The standard InChI is InChI=1S/C14H17NS2/c1-11(9-14(2,3)10-15)17-13(16)12-7-5-4-6-8-12/h4-8,11H,9H2,1-3H3. The van der Waals surface area contributed by atoms with E-state index in [1.165, 1.54) is 0 Å². The zero-order valence-corrected chi connectivity index (χ0v) is 12.1. The van der Waals surface area contributed by atoms with Gasteiger partial charge in [0.15, 0.2) is 0 Å². The highest BCUT2D eigenvalue weighted by atomic mass is 32.2. The minimum absolute atomic E-state index is 0.279. The molecule has 0 aliphatic heterocycles. The van der Waals surface area contributed by atoms with Crippen molar-refractivity contribution in [1.29, 1.82) is 5.26 Å². The van der Waals surface area contributed by atoms with E-state index in [9.17, 15) is 0 Å². The number of thiocarbonyl (C=S) groups is 1. The molecule has 0 radical (unpaired) electrons. The third kappa shape index (κ3) is 4.89. The van der Waals surface area contributed by atoms with Crippen molar-refractivity contribution in [2.75, 3.05) is 0 Å². The third-order valence-electron chi connectivity index (χ3n) is 2.42. The largest absolute Gasteiger partial charge is 0.198 e. The lowest BCUT2D eigenvalue weighted by molar-refractivity contribution is 0.452. The van der Waals surface area contributed by atoms with Gasteiger partial charge in [-0.25, -0.2) is 0 Å². The Morgan fingerprint density at radius 2 is 2.00 bits per heavy atom.